The summed E-state index contributed by atoms with van der Waals surface area (Å²) in [5, 5.41) is 0. The molecule has 0 fully saturated rings. The molecule has 0 bridgehead atoms. The van der Waals surface area contributed by atoms with Crippen molar-refractivity contribution >= 4 is 11.5 Å². The van der Waals surface area contributed by atoms with E-state index in [0.29, 0.717) is 11.7 Å². The molecular formula is C35H25N5-. The summed E-state index contributed by atoms with van der Waals surface area (Å²) in [6, 6.07) is 45.8. The highest BCUT2D eigenvalue weighted by Gasteiger charge is 2.28. The van der Waals surface area contributed by atoms with Crippen molar-refractivity contribution in [3.05, 3.63) is 156 Å². The number of hydrogen-bond donors (Lipinski definition) is 0. The van der Waals surface area contributed by atoms with Gasteiger partial charge in [0.1, 0.15) is 0 Å². The largest absolute Gasteiger partial charge is 0.434 e. The number of amidine groups is 1. The predicted octanol–water partition coefficient (Wildman–Crippen LogP) is 7.21. The van der Waals surface area contributed by atoms with Crippen LogP contribution >= 0.6 is 0 Å². The molecule has 1 aliphatic rings. The Labute approximate surface area is 233 Å². The first-order valence-corrected chi connectivity index (χ1v) is 13.2. The van der Waals surface area contributed by atoms with Gasteiger partial charge in [0.25, 0.3) is 0 Å². The number of aliphatic imine (C=N–C) groups is 2. The van der Waals surface area contributed by atoms with Crippen LogP contribution in [0.25, 0.3) is 34.0 Å². The number of aromatic nitrogens is 3. The Kier molecular flexibility index (Phi) is 6.02. The lowest BCUT2D eigenvalue weighted by atomic mass is 9.98. The van der Waals surface area contributed by atoms with Crippen LogP contribution in [0.4, 0.5) is 0 Å². The zero-order valence-corrected chi connectivity index (χ0v) is 21.9. The first kappa shape index (κ1) is 23.8. The van der Waals surface area contributed by atoms with Gasteiger partial charge in [0.05, 0.1) is 11.4 Å². The summed E-state index contributed by atoms with van der Waals surface area (Å²) in [5.74, 6) is 1.34. The number of hydrogen-bond acceptors (Lipinski definition) is 3. The first-order valence-electron chi connectivity index (χ1n) is 13.2. The molecule has 2 aromatic heterocycles. The van der Waals surface area contributed by atoms with Gasteiger partial charge in [-0.2, -0.15) is 0 Å². The van der Waals surface area contributed by atoms with E-state index in [1.54, 1.807) is 0 Å². The van der Waals surface area contributed by atoms with Crippen LogP contribution in [-0.2, 0) is 7.05 Å². The predicted molar refractivity (Wildman–Crippen MR) is 161 cm³/mol. The summed E-state index contributed by atoms with van der Waals surface area (Å²) in [4.78, 5) is 20.2. The first-order chi connectivity index (χ1) is 19.8. The molecule has 0 amide bonds. The minimum Gasteiger partial charge on any atom is -0.434 e. The number of nitrogens with zero attached hydrogens (tertiary/aromatic N) is 5. The Bertz CT molecular complexity index is 1770. The van der Waals surface area contributed by atoms with Gasteiger partial charge in [-0.25, -0.2) is 9.98 Å². The van der Waals surface area contributed by atoms with E-state index in [1.807, 2.05) is 79.8 Å². The fraction of sp³-hybridized carbons (Fsp3) is 0.0286. The molecule has 0 aliphatic carbocycles. The molecule has 6 aromatic rings. The molecule has 4 aromatic carbocycles. The van der Waals surface area contributed by atoms with E-state index in [1.165, 1.54) is 0 Å². The van der Waals surface area contributed by atoms with Crippen molar-refractivity contribution in [1.82, 2.24) is 14.5 Å². The van der Waals surface area contributed by atoms with Crippen LogP contribution in [-0.4, -0.2) is 21.1 Å². The second kappa shape index (κ2) is 10.1. The molecule has 40 heavy (non-hydrogen) atoms. The molecule has 0 unspecified atom stereocenters. The van der Waals surface area contributed by atoms with Crippen molar-refractivity contribution in [2.45, 2.75) is 0 Å². The maximum absolute atomic E-state index is 5.04. The van der Waals surface area contributed by atoms with Crippen LogP contribution in [0, 0.1) is 6.04 Å². The molecule has 1 radical (unpaired) electrons. The van der Waals surface area contributed by atoms with Crippen molar-refractivity contribution in [3.63, 3.8) is 0 Å². The van der Waals surface area contributed by atoms with E-state index in [4.69, 9.17) is 20.0 Å². The third kappa shape index (κ3) is 4.28. The van der Waals surface area contributed by atoms with Crippen molar-refractivity contribution < 1.29 is 0 Å². The van der Waals surface area contributed by atoms with Crippen molar-refractivity contribution in [1.29, 1.82) is 0 Å². The maximum Gasteiger partial charge on any atom is 0.173 e. The monoisotopic (exact) mass is 515 g/mol. The molecule has 0 atom stereocenters. The molecule has 0 spiro atoms. The minimum atomic E-state index is 0.671. The molecule has 0 saturated heterocycles. The molecule has 0 N–H and O–H groups in total. The molecule has 5 heteroatoms. The van der Waals surface area contributed by atoms with Gasteiger partial charge in [0, 0.05) is 12.7 Å². The average Bonchev–Trinajstić information content (AvgIpc) is 3.76. The van der Waals surface area contributed by atoms with Crippen LogP contribution < -0.4 is 4.98 Å². The molecule has 5 nitrogen and oxygen atoms in total. The molecular weight excluding hydrogens is 490 g/mol. The topological polar surface area (TPSA) is 56.6 Å². The molecule has 7 rings (SSSR count). The smallest absolute Gasteiger partial charge is 0.173 e. The van der Waals surface area contributed by atoms with Gasteiger partial charge >= 0.3 is 0 Å². The molecule has 191 valence electrons. The Morgan fingerprint density at radius 3 is 1.68 bits per heavy atom. The highest BCUT2D eigenvalue weighted by molar-refractivity contribution is 6.24. The van der Waals surface area contributed by atoms with E-state index in [0.717, 1.165) is 56.8 Å². The Hall–Kier alpha value is -5.29. The van der Waals surface area contributed by atoms with Gasteiger partial charge in [0.15, 0.2) is 11.9 Å². The highest BCUT2D eigenvalue weighted by Crippen LogP contribution is 2.34. The quantitative estimate of drug-likeness (QED) is 0.235. The summed E-state index contributed by atoms with van der Waals surface area (Å²) in [5.41, 5.74) is 8.56. The molecule has 3 heterocycles. The summed E-state index contributed by atoms with van der Waals surface area (Å²) in [6.45, 7) is 0. The highest BCUT2D eigenvalue weighted by atomic mass is 15.1. The summed E-state index contributed by atoms with van der Waals surface area (Å²) < 4.78 is 2.08. The van der Waals surface area contributed by atoms with Crippen LogP contribution in [0.1, 0.15) is 16.8 Å². The van der Waals surface area contributed by atoms with Gasteiger partial charge in [0.2, 0.25) is 0 Å². The zero-order valence-electron chi connectivity index (χ0n) is 21.9. The standard InChI is InChI=1S/C35H25N5/c1-40-28(34-36-30(24-14-6-2-7-15-24)31(37-34)25-16-8-3-9-17-25)22-23-29(40)35-38-32(26-18-10-4-11-19-26)33(39-35)27-20-12-5-13-21-27/h2-23H,1H3/q-1. The summed E-state index contributed by atoms with van der Waals surface area (Å²) in [7, 11) is 2.02. The number of imidazole rings is 1. The second-order valence-corrected chi connectivity index (χ2v) is 9.62. The van der Waals surface area contributed by atoms with E-state index in [9.17, 15) is 0 Å². The van der Waals surface area contributed by atoms with E-state index < -0.39 is 0 Å². The zero-order chi connectivity index (χ0) is 26.9. The summed E-state index contributed by atoms with van der Waals surface area (Å²) >= 11 is 0. The average molecular weight is 516 g/mol. The lowest BCUT2D eigenvalue weighted by Crippen LogP contribution is -2.09. The lowest BCUT2D eigenvalue weighted by Gasteiger charge is -2.10. The van der Waals surface area contributed by atoms with E-state index in [-0.39, 0.29) is 0 Å². The van der Waals surface area contributed by atoms with Crippen LogP contribution in [0.2, 0.25) is 0 Å². The minimum absolute atomic E-state index is 0.671. The molecule has 0 saturated carbocycles. The van der Waals surface area contributed by atoms with Gasteiger partial charge in [-0.3, -0.25) is 0 Å². The van der Waals surface area contributed by atoms with Gasteiger partial charge in [-0.05, 0) is 51.6 Å². The third-order valence-corrected chi connectivity index (χ3v) is 7.09. The fourth-order valence-electron chi connectivity index (χ4n) is 5.06. The summed E-state index contributed by atoms with van der Waals surface area (Å²) in [6.07, 6.45) is 0. The number of benzene rings is 4. The Morgan fingerprint density at radius 1 is 0.525 bits per heavy atom. The maximum atomic E-state index is 5.04. The molecule has 1 aliphatic heterocycles. The van der Waals surface area contributed by atoms with Gasteiger partial charge in [-0.1, -0.05) is 121 Å². The third-order valence-electron chi connectivity index (χ3n) is 7.09. The second-order valence-electron chi connectivity index (χ2n) is 9.62. The lowest BCUT2D eigenvalue weighted by molar-refractivity contribution is 0.911. The van der Waals surface area contributed by atoms with Crippen molar-refractivity contribution in [3.8, 4) is 34.0 Å². The fourth-order valence-corrected chi connectivity index (χ4v) is 5.06. The van der Waals surface area contributed by atoms with Crippen LogP contribution in [0.5, 0.6) is 0 Å². The normalized spacial score (nSPS) is 13.3. The van der Waals surface area contributed by atoms with E-state index in [2.05, 4.69) is 65.2 Å². The van der Waals surface area contributed by atoms with Crippen LogP contribution in [0.15, 0.2) is 143 Å². The SMILES string of the molecule is Cn1c(C2=N[C](c3ccccc3)C(c3ccccc3)=N2)ccc1-c1nc(-c2ccccc2)c(-c2ccccc2)[n-]1. The van der Waals surface area contributed by atoms with Gasteiger partial charge < -0.3 is 14.5 Å². The van der Waals surface area contributed by atoms with Crippen molar-refractivity contribution in [2.24, 2.45) is 17.0 Å². The Morgan fingerprint density at radius 2 is 1.05 bits per heavy atom. The van der Waals surface area contributed by atoms with Crippen LogP contribution in [0.3, 0.4) is 0 Å². The van der Waals surface area contributed by atoms with Crippen molar-refractivity contribution in [2.75, 3.05) is 0 Å². The van der Waals surface area contributed by atoms with Gasteiger partial charge in [-0.15, -0.1) is 0 Å². The number of rotatable bonds is 6. The van der Waals surface area contributed by atoms with E-state index >= 15 is 0 Å². The Balaban J connectivity index is 1.32.